The minimum atomic E-state index is -0.318. The molecule has 0 saturated heterocycles. The number of benzene rings is 2. The molecule has 0 unspecified atom stereocenters. The fourth-order valence-electron chi connectivity index (χ4n) is 2.27. The molecule has 0 saturated carbocycles. The Labute approximate surface area is 159 Å². The summed E-state index contributed by atoms with van der Waals surface area (Å²) in [5.41, 5.74) is 1.62. The van der Waals surface area contributed by atoms with Crippen molar-refractivity contribution in [3.05, 3.63) is 80.5 Å². The summed E-state index contributed by atoms with van der Waals surface area (Å²) in [6, 6.07) is 13.1. The highest BCUT2D eigenvalue weighted by atomic mass is 35.5. The van der Waals surface area contributed by atoms with Crippen LogP contribution in [-0.4, -0.2) is 10.9 Å². The van der Waals surface area contributed by atoms with Crippen molar-refractivity contribution in [2.24, 2.45) is 0 Å². The van der Waals surface area contributed by atoms with Gasteiger partial charge >= 0.3 is 0 Å². The molecule has 0 bridgehead atoms. The minimum absolute atomic E-state index is 0.178. The summed E-state index contributed by atoms with van der Waals surface area (Å²) < 4.78 is 18.5. The second-order valence-electron chi connectivity index (χ2n) is 5.57. The SMILES string of the molecule is Cc1nc(COc2ccc(F)cc2)sc1C(=O)NCc1ccc(Cl)cc1. The molecule has 0 aliphatic carbocycles. The molecule has 26 heavy (non-hydrogen) atoms. The number of rotatable bonds is 6. The zero-order valence-electron chi connectivity index (χ0n) is 14.0. The van der Waals surface area contributed by atoms with Crippen molar-refractivity contribution in [1.82, 2.24) is 10.3 Å². The number of halogens is 2. The number of thiazole rings is 1. The molecule has 3 rings (SSSR count). The van der Waals surface area contributed by atoms with E-state index >= 15 is 0 Å². The van der Waals surface area contributed by atoms with Crippen molar-refractivity contribution >= 4 is 28.8 Å². The number of nitrogens with zero attached hydrogens (tertiary/aromatic N) is 1. The molecule has 0 radical (unpaired) electrons. The van der Waals surface area contributed by atoms with Gasteiger partial charge in [0, 0.05) is 11.6 Å². The van der Waals surface area contributed by atoms with Crippen LogP contribution in [0.4, 0.5) is 4.39 Å². The van der Waals surface area contributed by atoms with Gasteiger partial charge in [0.15, 0.2) is 0 Å². The largest absolute Gasteiger partial charge is 0.486 e. The van der Waals surface area contributed by atoms with Crippen molar-refractivity contribution in [1.29, 1.82) is 0 Å². The maximum Gasteiger partial charge on any atom is 0.263 e. The van der Waals surface area contributed by atoms with Crippen LogP contribution in [-0.2, 0) is 13.2 Å². The van der Waals surface area contributed by atoms with Crippen LogP contribution in [0, 0.1) is 12.7 Å². The van der Waals surface area contributed by atoms with E-state index < -0.39 is 0 Å². The van der Waals surface area contributed by atoms with Crippen LogP contribution in [0.3, 0.4) is 0 Å². The lowest BCUT2D eigenvalue weighted by Crippen LogP contribution is -2.22. The summed E-state index contributed by atoms with van der Waals surface area (Å²) in [4.78, 5) is 17.3. The first-order valence-corrected chi connectivity index (χ1v) is 9.08. The average molecular weight is 391 g/mol. The van der Waals surface area contributed by atoms with E-state index in [0.29, 0.717) is 32.9 Å². The van der Waals surface area contributed by atoms with Crippen LogP contribution in [0.25, 0.3) is 0 Å². The molecule has 1 aromatic heterocycles. The molecule has 1 amide bonds. The third-order valence-corrected chi connectivity index (χ3v) is 4.97. The maximum absolute atomic E-state index is 12.9. The van der Waals surface area contributed by atoms with E-state index in [-0.39, 0.29) is 18.3 Å². The normalized spacial score (nSPS) is 10.6. The molecule has 0 aliphatic heterocycles. The molecule has 3 aromatic rings. The van der Waals surface area contributed by atoms with E-state index in [1.165, 1.54) is 23.5 Å². The number of hydrogen-bond acceptors (Lipinski definition) is 4. The highest BCUT2D eigenvalue weighted by Crippen LogP contribution is 2.21. The Morgan fingerprint density at radius 1 is 1.19 bits per heavy atom. The lowest BCUT2D eigenvalue weighted by Gasteiger charge is -2.04. The number of carbonyl (C=O) groups is 1. The second-order valence-corrected chi connectivity index (χ2v) is 7.09. The summed E-state index contributed by atoms with van der Waals surface area (Å²) in [5.74, 6) is 0.0538. The molecule has 1 N–H and O–H groups in total. The minimum Gasteiger partial charge on any atom is -0.486 e. The molecule has 0 fully saturated rings. The Morgan fingerprint density at radius 3 is 2.58 bits per heavy atom. The van der Waals surface area contributed by atoms with Gasteiger partial charge in [-0.15, -0.1) is 11.3 Å². The fraction of sp³-hybridized carbons (Fsp3) is 0.158. The van der Waals surface area contributed by atoms with Crippen molar-refractivity contribution in [2.45, 2.75) is 20.1 Å². The summed E-state index contributed by atoms with van der Waals surface area (Å²) in [6.45, 7) is 2.42. The third kappa shape index (κ3) is 4.80. The van der Waals surface area contributed by atoms with Gasteiger partial charge in [0.25, 0.3) is 5.91 Å². The van der Waals surface area contributed by atoms with Crippen molar-refractivity contribution in [2.75, 3.05) is 0 Å². The molecular weight excluding hydrogens is 375 g/mol. The monoisotopic (exact) mass is 390 g/mol. The Hall–Kier alpha value is -2.44. The Bertz CT molecular complexity index is 895. The molecule has 7 heteroatoms. The first kappa shape index (κ1) is 18.4. The van der Waals surface area contributed by atoms with Crippen LogP contribution in [0.5, 0.6) is 5.75 Å². The lowest BCUT2D eigenvalue weighted by atomic mass is 10.2. The number of hydrogen-bond donors (Lipinski definition) is 1. The smallest absolute Gasteiger partial charge is 0.263 e. The van der Waals surface area contributed by atoms with Crippen LogP contribution in [0.15, 0.2) is 48.5 Å². The van der Waals surface area contributed by atoms with E-state index in [4.69, 9.17) is 16.3 Å². The lowest BCUT2D eigenvalue weighted by molar-refractivity contribution is 0.0954. The predicted molar refractivity (Wildman–Crippen MR) is 100 cm³/mol. The van der Waals surface area contributed by atoms with E-state index in [0.717, 1.165) is 5.56 Å². The number of aromatic nitrogens is 1. The van der Waals surface area contributed by atoms with Crippen molar-refractivity contribution < 1.29 is 13.9 Å². The van der Waals surface area contributed by atoms with E-state index in [1.807, 2.05) is 12.1 Å². The fourth-order valence-corrected chi connectivity index (χ4v) is 3.29. The summed E-state index contributed by atoms with van der Waals surface area (Å²) in [6.07, 6.45) is 0. The first-order valence-electron chi connectivity index (χ1n) is 7.88. The molecule has 0 spiro atoms. The standard InChI is InChI=1S/C19H16ClFN2O2S/c1-12-18(19(24)22-10-13-2-4-14(20)5-3-13)26-17(23-12)11-25-16-8-6-15(21)7-9-16/h2-9H,10-11H2,1H3,(H,22,24). The number of ether oxygens (including phenoxy) is 1. The molecule has 134 valence electrons. The summed E-state index contributed by atoms with van der Waals surface area (Å²) in [7, 11) is 0. The molecule has 1 heterocycles. The van der Waals surface area contributed by atoms with E-state index in [9.17, 15) is 9.18 Å². The van der Waals surface area contributed by atoms with Gasteiger partial charge in [-0.1, -0.05) is 23.7 Å². The van der Waals surface area contributed by atoms with Gasteiger partial charge in [-0.05, 0) is 48.9 Å². The molecule has 2 aromatic carbocycles. The van der Waals surface area contributed by atoms with Gasteiger partial charge in [-0.3, -0.25) is 4.79 Å². The zero-order chi connectivity index (χ0) is 18.5. The first-order chi connectivity index (χ1) is 12.5. The van der Waals surface area contributed by atoms with Gasteiger partial charge in [-0.2, -0.15) is 0 Å². The zero-order valence-corrected chi connectivity index (χ0v) is 15.5. The maximum atomic E-state index is 12.9. The Balaban J connectivity index is 1.58. The quantitative estimate of drug-likeness (QED) is 0.660. The molecular formula is C19H16ClFN2O2S. The van der Waals surface area contributed by atoms with E-state index in [1.54, 1.807) is 31.2 Å². The molecule has 0 atom stereocenters. The Morgan fingerprint density at radius 2 is 1.88 bits per heavy atom. The summed E-state index contributed by atoms with van der Waals surface area (Å²) in [5, 5.41) is 4.22. The predicted octanol–water partition coefficient (Wildman–Crippen LogP) is 4.75. The number of carbonyl (C=O) groups excluding carboxylic acids is 1. The van der Waals surface area contributed by atoms with Crippen molar-refractivity contribution in [3.63, 3.8) is 0 Å². The topological polar surface area (TPSA) is 51.2 Å². The van der Waals surface area contributed by atoms with Gasteiger partial charge < -0.3 is 10.1 Å². The van der Waals surface area contributed by atoms with Crippen LogP contribution < -0.4 is 10.1 Å². The van der Waals surface area contributed by atoms with Gasteiger partial charge in [-0.25, -0.2) is 9.37 Å². The Kier molecular flexibility index (Phi) is 5.85. The molecule has 4 nitrogen and oxygen atoms in total. The van der Waals surface area contributed by atoms with Crippen LogP contribution in [0.2, 0.25) is 5.02 Å². The number of nitrogens with one attached hydrogen (secondary N) is 1. The third-order valence-electron chi connectivity index (χ3n) is 3.59. The number of amides is 1. The van der Waals surface area contributed by atoms with E-state index in [2.05, 4.69) is 10.3 Å². The summed E-state index contributed by atoms with van der Waals surface area (Å²) >= 11 is 7.14. The van der Waals surface area contributed by atoms with Gasteiger partial charge in [0.1, 0.15) is 28.1 Å². The number of aryl methyl sites for hydroxylation is 1. The highest BCUT2D eigenvalue weighted by Gasteiger charge is 2.15. The van der Waals surface area contributed by atoms with Crippen LogP contribution in [0.1, 0.15) is 25.9 Å². The molecule has 0 aliphatic rings. The second kappa shape index (κ2) is 8.29. The van der Waals surface area contributed by atoms with Gasteiger partial charge in [0.05, 0.1) is 5.69 Å². The van der Waals surface area contributed by atoms with Crippen LogP contribution >= 0.6 is 22.9 Å². The highest BCUT2D eigenvalue weighted by molar-refractivity contribution is 7.13. The average Bonchev–Trinajstić information content (AvgIpc) is 3.01. The van der Waals surface area contributed by atoms with Gasteiger partial charge in [0.2, 0.25) is 0 Å². The van der Waals surface area contributed by atoms with Crippen molar-refractivity contribution in [3.8, 4) is 5.75 Å².